The minimum atomic E-state index is -0.776. The second-order valence-electron chi connectivity index (χ2n) is 10.4. The van der Waals surface area contributed by atoms with Crippen LogP contribution >= 0.6 is 0 Å². The van der Waals surface area contributed by atoms with Gasteiger partial charge in [-0.1, -0.05) is 42.8 Å². The van der Waals surface area contributed by atoms with Crippen molar-refractivity contribution in [2.24, 2.45) is 4.99 Å². The summed E-state index contributed by atoms with van der Waals surface area (Å²) in [7, 11) is 0. The van der Waals surface area contributed by atoms with Gasteiger partial charge in [-0.15, -0.1) is 0 Å². The summed E-state index contributed by atoms with van der Waals surface area (Å²) in [5.41, 5.74) is 5.44. The van der Waals surface area contributed by atoms with Crippen LogP contribution in [-0.4, -0.2) is 44.1 Å². The molecule has 1 fully saturated rings. The molecule has 40 heavy (non-hydrogen) atoms. The van der Waals surface area contributed by atoms with Crippen molar-refractivity contribution in [2.45, 2.75) is 38.3 Å². The van der Waals surface area contributed by atoms with Gasteiger partial charge < -0.3 is 9.88 Å². The maximum Gasteiger partial charge on any atom is 0.269 e. The van der Waals surface area contributed by atoms with E-state index in [0.717, 1.165) is 36.4 Å². The number of aliphatic imine (C=N–C) groups is 1. The lowest BCUT2D eigenvalue weighted by atomic mass is 9.90. The van der Waals surface area contributed by atoms with Gasteiger partial charge in [0, 0.05) is 48.9 Å². The van der Waals surface area contributed by atoms with Crippen LogP contribution in [0.3, 0.4) is 0 Å². The molecule has 0 saturated carbocycles. The predicted octanol–water partition coefficient (Wildman–Crippen LogP) is 5.68. The van der Waals surface area contributed by atoms with Crippen LogP contribution in [0.25, 0.3) is 0 Å². The fourth-order valence-corrected chi connectivity index (χ4v) is 5.49. The van der Waals surface area contributed by atoms with Crippen LogP contribution in [0, 0.1) is 10.1 Å². The average Bonchev–Trinajstić information content (AvgIpc) is 3.60. The number of anilines is 1. The molecular formula is C31H30N6O3. The topological polar surface area (TPSA) is 106 Å². The Morgan fingerprint density at radius 2 is 1.70 bits per heavy atom. The first-order chi connectivity index (χ1) is 19.5. The first-order valence-corrected chi connectivity index (χ1v) is 13.6. The Balaban J connectivity index is 1.35. The highest BCUT2D eigenvalue weighted by Gasteiger charge is 2.36. The number of piperidine rings is 1. The molecule has 4 aromatic rings. The normalized spacial score (nSPS) is 17.4. The number of hydrogen-bond acceptors (Lipinski definition) is 6. The summed E-state index contributed by atoms with van der Waals surface area (Å²) < 4.78 is 1.98. The number of aromatic nitrogens is 2. The van der Waals surface area contributed by atoms with Gasteiger partial charge in [0.05, 0.1) is 22.6 Å². The van der Waals surface area contributed by atoms with Crippen LogP contribution < -0.4 is 5.32 Å². The largest absolute Gasteiger partial charge is 0.333 e. The lowest BCUT2D eigenvalue weighted by Crippen LogP contribution is -2.28. The van der Waals surface area contributed by atoms with Gasteiger partial charge in [-0.2, -0.15) is 0 Å². The summed E-state index contributed by atoms with van der Waals surface area (Å²) in [4.78, 5) is 35.9. The maximum atomic E-state index is 13.3. The van der Waals surface area contributed by atoms with Crippen molar-refractivity contribution in [1.29, 1.82) is 0 Å². The van der Waals surface area contributed by atoms with Crippen molar-refractivity contribution in [1.82, 2.24) is 14.5 Å². The number of nitrogens with one attached hydrogen (secondary N) is 1. The number of likely N-dealkylation sites (tertiary alicyclic amines) is 1. The Bertz CT molecular complexity index is 1540. The minimum Gasteiger partial charge on any atom is -0.333 e. The highest BCUT2D eigenvalue weighted by Crippen LogP contribution is 2.38. The number of fused-ring (bicyclic) bond motifs is 1. The summed E-state index contributed by atoms with van der Waals surface area (Å²) >= 11 is 0. The third-order valence-electron chi connectivity index (χ3n) is 7.57. The Hall–Kier alpha value is -4.63. The molecule has 1 N–H and O–H groups in total. The summed E-state index contributed by atoms with van der Waals surface area (Å²) in [5.74, 6) is -1.03. The molecule has 1 aromatic heterocycles. The van der Waals surface area contributed by atoms with Gasteiger partial charge in [0.15, 0.2) is 0 Å². The molecule has 9 heteroatoms. The van der Waals surface area contributed by atoms with Gasteiger partial charge in [-0.3, -0.25) is 24.8 Å². The quantitative estimate of drug-likeness (QED) is 0.178. The third-order valence-corrected chi connectivity index (χ3v) is 7.57. The molecule has 9 nitrogen and oxygen atoms in total. The molecule has 2 aliphatic rings. The Morgan fingerprint density at radius 1 is 0.975 bits per heavy atom. The van der Waals surface area contributed by atoms with E-state index in [1.807, 2.05) is 47.2 Å². The number of hydrogen-bond donors (Lipinski definition) is 1. The fourth-order valence-electron chi connectivity index (χ4n) is 5.49. The average molecular weight is 535 g/mol. The lowest BCUT2D eigenvalue weighted by Gasteiger charge is -2.26. The number of nitrogens with zero attached hydrogens (tertiary/aromatic N) is 5. The molecule has 6 rings (SSSR count). The van der Waals surface area contributed by atoms with Crippen LogP contribution in [0.15, 0.2) is 90.4 Å². The SMILES string of the molecule is O=C1Nc2ccc([N+](=O)[O-])cc2C1C(=Nc1ccc(CN2CCCCC2)cc1)c1ccc(Cn2ccnc2)cc1. The number of rotatable bonds is 8. The van der Waals surface area contributed by atoms with Gasteiger partial charge in [-0.25, -0.2) is 4.98 Å². The lowest BCUT2D eigenvalue weighted by molar-refractivity contribution is -0.384. The van der Waals surface area contributed by atoms with Gasteiger partial charge in [-0.05, 0) is 60.8 Å². The highest BCUT2D eigenvalue weighted by molar-refractivity contribution is 6.24. The summed E-state index contributed by atoms with van der Waals surface area (Å²) in [6.45, 7) is 3.84. The second-order valence-corrected chi connectivity index (χ2v) is 10.4. The smallest absolute Gasteiger partial charge is 0.269 e. The molecule has 1 atom stereocenters. The van der Waals surface area contributed by atoms with E-state index in [4.69, 9.17) is 4.99 Å². The van der Waals surface area contributed by atoms with Crippen LogP contribution in [0.4, 0.5) is 17.1 Å². The van der Waals surface area contributed by atoms with E-state index in [-0.39, 0.29) is 11.6 Å². The number of nitro benzene ring substituents is 1. The van der Waals surface area contributed by atoms with E-state index in [9.17, 15) is 14.9 Å². The van der Waals surface area contributed by atoms with Gasteiger partial charge >= 0.3 is 0 Å². The molecule has 0 spiro atoms. The number of carbonyl (C=O) groups is 1. The number of nitro groups is 1. The standard InChI is InChI=1S/C31H30N6O3/c38-31-29(27-18-26(37(39)40)12-13-28(27)34-31)30(24-8-4-22(5-9-24)20-36-17-14-32-21-36)33-25-10-6-23(7-11-25)19-35-15-2-1-3-16-35/h4-14,17-18,21,29H,1-3,15-16,19-20H2,(H,34,38). The summed E-state index contributed by atoms with van der Waals surface area (Å²) in [5, 5.41) is 14.4. The number of non-ortho nitro benzene ring substituents is 1. The van der Waals surface area contributed by atoms with E-state index >= 15 is 0 Å². The molecule has 3 aromatic carbocycles. The van der Waals surface area contributed by atoms with E-state index in [1.54, 1.807) is 18.6 Å². The third kappa shape index (κ3) is 5.55. The van der Waals surface area contributed by atoms with Crippen molar-refractivity contribution in [3.63, 3.8) is 0 Å². The van der Waals surface area contributed by atoms with Gasteiger partial charge in [0.25, 0.3) is 5.69 Å². The molecule has 202 valence electrons. The number of amides is 1. The molecule has 2 aliphatic heterocycles. The highest BCUT2D eigenvalue weighted by atomic mass is 16.6. The van der Waals surface area contributed by atoms with Crippen LogP contribution in [0.1, 0.15) is 47.4 Å². The van der Waals surface area contributed by atoms with Crippen LogP contribution in [0.5, 0.6) is 0 Å². The zero-order valence-electron chi connectivity index (χ0n) is 22.1. The number of benzene rings is 3. The van der Waals surface area contributed by atoms with Crippen LogP contribution in [-0.2, 0) is 17.9 Å². The molecular weight excluding hydrogens is 504 g/mol. The summed E-state index contributed by atoms with van der Waals surface area (Å²) in [6.07, 6.45) is 9.21. The molecule has 1 amide bonds. The molecule has 0 radical (unpaired) electrons. The molecule has 3 heterocycles. The van der Waals surface area contributed by atoms with Crippen molar-refractivity contribution in [3.05, 3.63) is 118 Å². The van der Waals surface area contributed by atoms with Crippen molar-refractivity contribution in [2.75, 3.05) is 18.4 Å². The number of imidazole rings is 1. The molecule has 1 unspecified atom stereocenters. The zero-order chi connectivity index (χ0) is 27.5. The fraction of sp³-hybridized carbons (Fsp3) is 0.258. The van der Waals surface area contributed by atoms with Crippen molar-refractivity contribution < 1.29 is 9.72 Å². The molecule has 0 aliphatic carbocycles. The Labute approximate surface area is 232 Å². The van der Waals surface area contributed by atoms with Crippen molar-refractivity contribution >= 4 is 28.7 Å². The van der Waals surface area contributed by atoms with Crippen molar-refractivity contribution in [3.8, 4) is 0 Å². The molecule has 0 bridgehead atoms. The maximum absolute atomic E-state index is 13.3. The van der Waals surface area contributed by atoms with E-state index in [2.05, 4.69) is 27.3 Å². The van der Waals surface area contributed by atoms with Gasteiger partial charge in [0.2, 0.25) is 5.91 Å². The minimum absolute atomic E-state index is 0.0580. The first-order valence-electron chi connectivity index (χ1n) is 13.6. The van der Waals surface area contributed by atoms with Crippen LogP contribution in [0.2, 0.25) is 0 Å². The second kappa shape index (κ2) is 11.2. The zero-order valence-corrected chi connectivity index (χ0v) is 22.1. The first kappa shape index (κ1) is 25.6. The summed E-state index contributed by atoms with van der Waals surface area (Å²) in [6, 6.07) is 20.5. The predicted molar refractivity (Wildman–Crippen MR) is 154 cm³/mol. The van der Waals surface area contributed by atoms with E-state index in [1.165, 1.54) is 37.0 Å². The van der Waals surface area contributed by atoms with E-state index in [0.29, 0.717) is 23.5 Å². The van der Waals surface area contributed by atoms with E-state index < -0.39 is 10.8 Å². The molecule has 1 saturated heterocycles. The number of carbonyl (C=O) groups excluding carboxylic acids is 1. The van der Waals surface area contributed by atoms with Gasteiger partial charge in [0.1, 0.15) is 5.92 Å². The Kier molecular flexibility index (Phi) is 7.20. The monoisotopic (exact) mass is 534 g/mol. The Morgan fingerprint density at radius 3 is 2.40 bits per heavy atom.